The highest BCUT2D eigenvalue weighted by atomic mass is 16.1. The molecule has 5 heteroatoms. The fourth-order valence-corrected chi connectivity index (χ4v) is 2.95. The fraction of sp³-hybridized carbons (Fsp3) is 0.353. The molecule has 2 aromatic rings. The van der Waals surface area contributed by atoms with Gasteiger partial charge in [0.15, 0.2) is 0 Å². The number of carbonyl (C=O) groups excluding carboxylic acids is 1. The Morgan fingerprint density at radius 3 is 2.86 bits per heavy atom. The second-order valence-corrected chi connectivity index (χ2v) is 5.60. The van der Waals surface area contributed by atoms with E-state index in [2.05, 4.69) is 10.4 Å². The van der Waals surface area contributed by atoms with Crippen LogP contribution in [0.2, 0.25) is 0 Å². The molecule has 1 fully saturated rings. The van der Waals surface area contributed by atoms with E-state index in [-0.39, 0.29) is 5.91 Å². The predicted molar refractivity (Wildman–Crippen MR) is 83.5 cm³/mol. The summed E-state index contributed by atoms with van der Waals surface area (Å²) in [5, 5.41) is 16.2. The first kappa shape index (κ1) is 14.3. The number of amides is 1. The number of hydrogen-bond acceptors (Lipinski definition) is 3. The maximum atomic E-state index is 12.4. The van der Waals surface area contributed by atoms with Gasteiger partial charge in [-0.25, -0.2) is 4.68 Å². The van der Waals surface area contributed by atoms with E-state index < -0.39 is 0 Å². The molecular weight excluding hydrogens is 276 g/mol. The monoisotopic (exact) mass is 294 g/mol. The molecule has 1 aromatic heterocycles. The summed E-state index contributed by atoms with van der Waals surface area (Å²) in [6, 6.07) is 10.9. The summed E-state index contributed by atoms with van der Waals surface area (Å²) in [5.74, 6) is 0.508. The van der Waals surface area contributed by atoms with Crippen molar-refractivity contribution in [2.75, 3.05) is 5.32 Å². The summed E-state index contributed by atoms with van der Waals surface area (Å²) in [4.78, 5) is 12.4. The van der Waals surface area contributed by atoms with E-state index >= 15 is 0 Å². The zero-order valence-electron chi connectivity index (χ0n) is 12.3. The molecule has 0 bridgehead atoms. The van der Waals surface area contributed by atoms with Crippen LogP contribution in [0.25, 0.3) is 0 Å². The number of rotatable bonds is 3. The lowest BCUT2D eigenvalue weighted by atomic mass is 9.96. The number of nitrogens with one attached hydrogen (secondary N) is 1. The summed E-state index contributed by atoms with van der Waals surface area (Å²) < 4.78 is 1.92. The van der Waals surface area contributed by atoms with Crippen LogP contribution < -0.4 is 5.32 Å². The molecule has 0 unspecified atom stereocenters. The van der Waals surface area contributed by atoms with Gasteiger partial charge in [-0.3, -0.25) is 4.79 Å². The average molecular weight is 294 g/mol. The molecule has 1 aliphatic carbocycles. The van der Waals surface area contributed by atoms with Gasteiger partial charge in [0.2, 0.25) is 0 Å². The Kier molecular flexibility index (Phi) is 4.19. The Bertz CT molecular complexity index is 707. The highest BCUT2D eigenvalue weighted by Gasteiger charge is 2.19. The van der Waals surface area contributed by atoms with E-state index in [4.69, 9.17) is 5.26 Å². The number of aromatic nitrogens is 2. The number of carbonyl (C=O) groups is 1. The van der Waals surface area contributed by atoms with Crippen molar-refractivity contribution in [3.8, 4) is 6.07 Å². The topological polar surface area (TPSA) is 70.7 Å². The predicted octanol–water partition coefficient (Wildman–Crippen LogP) is 3.51. The van der Waals surface area contributed by atoms with Crippen molar-refractivity contribution in [3.05, 3.63) is 47.7 Å². The lowest BCUT2D eigenvalue weighted by Gasteiger charge is -2.23. The number of nitriles is 1. The molecule has 22 heavy (non-hydrogen) atoms. The molecule has 0 spiro atoms. The minimum absolute atomic E-state index is 0.213. The van der Waals surface area contributed by atoms with Crippen molar-refractivity contribution in [2.24, 2.45) is 0 Å². The second-order valence-electron chi connectivity index (χ2n) is 5.60. The van der Waals surface area contributed by atoms with Gasteiger partial charge in [0.1, 0.15) is 5.82 Å². The fourth-order valence-electron chi connectivity index (χ4n) is 2.95. The van der Waals surface area contributed by atoms with Gasteiger partial charge < -0.3 is 5.32 Å². The standard InChI is InChI=1S/C17H18N4O/c18-12-13-5-4-6-14(11-13)17(22)20-16-9-10-19-21(16)15-7-2-1-3-8-15/h4-6,9-11,15H,1-3,7-8H2,(H,20,22). The van der Waals surface area contributed by atoms with Gasteiger partial charge in [0, 0.05) is 11.6 Å². The lowest BCUT2D eigenvalue weighted by molar-refractivity contribution is 0.102. The van der Waals surface area contributed by atoms with Crippen LogP contribution >= 0.6 is 0 Å². The van der Waals surface area contributed by atoms with E-state index in [1.54, 1.807) is 30.5 Å². The number of benzene rings is 1. The van der Waals surface area contributed by atoms with Crippen molar-refractivity contribution in [1.29, 1.82) is 5.26 Å². The van der Waals surface area contributed by atoms with Crippen LogP contribution in [0.4, 0.5) is 5.82 Å². The minimum atomic E-state index is -0.213. The second kappa shape index (κ2) is 6.44. The Morgan fingerprint density at radius 2 is 2.09 bits per heavy atom. The highest BCUT2D eigenvalue weighted by Crippen LogP contribution is 2.30. The molecule has 0 atom stereocenters. The molecular formula is C17H18N4O. The number of hydrogen-bond donors (Lipinski definition) is 1. The molecule has 5 nitrogen and oxygen atoms in total. The maximum absolute atomic E-state index is 12.4. The molecule has 0 radical (unpaired) electrons. The largest absolute Gasteiger partial charge is 0.307 e. The zero-order valence-corrected chi connectivity index (χ0v) is 12.3. The molecule has 1 aliphatic rings. The highest BCUT2D eigenvalue weighted by molar-refractivity contribution is 6.04. The van der Waals surface area contributed by atoms with E-state index in [9.17, 15) is 4.79 Å². The molecule has 112 valence electrons. The van der Waals surface area contributed by atoms with Gasteiger partial charge in [-0.05, 0) is 31.0 Å². The van der Waals surface area contributed by atoms with Crippen molar-refractivity contribution in [3.63, 3.8) is 0 Å². The molecule has 1 amide bonds. The van der Waals surface area contributed by atoms with Crippen LogP contribution in [0, 0.1) is 11.3 Å². The van der Waals surface area contributed by atoms with Gasteiger partial charge >= 0.3 is 0 Å². The van der Waals surface area contributed by atoms with E-state index in [1.807, 2.05) is 16.8 Å². The van der Waals surface area contributed by atoms with Crippen LogP contribution in [-0.4, -0.2) is 15.7 Å². The SMILES string of the molecule is N#Cc1cccc(C(=O)Nc2ccnn2C2CCCCC2)c1. The van der Waals surface area contributed by atoms with Crippen molar-refractivity contribution < 1.29 is 4.79 Å². The van der Waals surface area contributed by atoms with E-state index in [1.165, 1.54) is 19.3 Å². The van der Waals surface area contributed by atoms with Crippen LogP contribution in [0.5, 0.6) is 0 Å². The first-order chi connectivity index (χ1) is 10.8. The van der Waals surface area contributed by atoms with Gasteiger partial charge in [0.25, 0.3) is 5.91 Å². The Morgan fingerprint density at radius 1 is 1.27 bits per heavy atom. The summed E-state index contributed by atoms with van der Waals surface area (Å²) >= 11 is 0. The Labute approximate surface area is 129 Å². The van der Waals surface area contributed by atoms with Gasteiger partial charge in [0.05, 0.1) is 23.9 Å². The van der Waals surface area contributed by atoms with E-state index in [0.717, 1.165) is 18.7 Å². The maximum Gasteiger partial charge on any atom is 0.256 e. The smallest absolute Gasteiger partial charge is 0.256 e. The first-order valence-electron chi connectivity index (χ1n) is 7.63. The average Bonchev–Trinajstić information content (AvgIpc) is 3.04. The summed E-state index contributed by atoms with van der Waals surface area (Å²) in [5.41, 5.74) is 0.962. The molecule has 1 saturated carbocycles. The quantitative estimate of drug-likeness (QED) is 0.941. The molecule has 3 rings (SSSR count). The summed E-state index contributed by atoms with van der Waals surface area (Å²) in [6.45, 7) is 0. The van der Waals surface area contributed by atoms with Gasteiger partial charge in [-0.1, -0.05) is 25.3 Å². The summed E-state index contributed by atoms with van der Waals surface area (Å²) in [7, 11) is 0. The normalized spacial score (nSPS) is 15.2. The van der Waals surface area contributed by atoms with Crippen LogP contribution in [0.15, 0.2) is 36.5 Å². The minimum Gasteiger partial charge on any atom is -0.307 e. The lowest BCUT2D eigenvalue weighted by Crippen LogP contribution is -2.20. The van der Waals surface area contributed by atoms with E-state index in [0.29, 0.717) is 17.2 Å². The van der Waals surface area contributed by atoms with Crippen molar-refractivity contribution in [2.45, 2.75) is 38.1 Å². The zero-order chi connectivity index (χ0) is 15.4. The third-order valence-electron chi connectivity index (χ3n) is 4.09. The van der Waals surface area contributed by atoms with Crippen LogP contribution in [-0.2, 0) is 0 Å². The van der Waals surface area contributed by atoms with Gasteiger partial charge in [-0.15, -0.1) is 0 Å². The first-order valence-corrected chi connectivity index (χ1v) is 7.63. The molecule has 1 aromatic carbocycles. The molecule has 0 saturated heterocycles. The summed E-state index contributed by atoms with van der Waals surface area (Å²) in [6.07, 6.45) is 7.63. The molecule has 1 heterocycles. The third-order valence-corrected chi connectivity index (χ3v) is 4.09. The molecule has 0 aliphatic heterocycles. The Hall–Kier alpha value is -2.61. The molecule has 1 N–H and O–H groups in total. The van der Waals surface area contributed by atoms with Crippen molar-refractivity contribution in [1.82, 2.24) is 9.78 Å². The third kappa shape index (κ3) is 3.01. The van der Waals surface area contributed by atoms with Crippen LogP contribution in [0.1, 0.15) is 54.1 Å². The van der Waals surface area contributed by atoms with Crippen LogP contribution in [0.3, 0.4) is 0 Å². The van der Waals surface area contributed by atoms with Crippen molar-refractivity contribution >= 4 is 11.7 Å². The number of anilines is 1. The number of nitrogens with zero attached hydrogens (tertiary/aromatic N) is 3. The van der Waals surface area contributed by atoms with Gasteiger partial charge in [-0.2, -0.15) is 10.4 Å². The Balaban J connectivity index is 1.77.